The summed E-state index contributed by atoms with van der Waals surface area (Å²) < 4.78 is 6.44. The lowest BCUT2D eigenvalue weighted by molar-refractivity contribution is 0.0690. The van der Waals surface area contributed by atoms with E-state index in [1.165, 1.54) is 22.2 Å². The van der Waals surface area contributed by atoms with Gasteiger partial charge in [0.25, 0.3) is 5.89 Å². The van der Waals surface area contributed by atoms with Crippen LogP contribution >= 0.6 is 11.3 Å². The van der Waals surface area contributed by atoms with Gasteiger partial charge in [-0.25, -0.2) is 9.48 Å². The molecule has 0 aromatic carbocycles. The minimum Gasteiger partial charge on any atom is -0.476 e. The zero-order chi connectivity index (χ0) is 13.2. The number of carboxylic acids is 1. The lowest BCUT2D eigenvalue weighted by Gasteiger charge is -1.91. The van der Waals surface area contributed by atoms with Crippen molar-refractivity contribution in [2.75, 3.05) is 0 Å². The Kier molecular flexibility index (Phi) is 2.80. The van der Waals surface area contributed by atoms with Gasteiger partial charge >= 0.3 is 5.97 Å². The van der Waals surface area contributed by atoms with Crippen molar-refractivity contribution in [2.45, 2.75) is 6.54 Å². The van der Waals surface area contributed by atoms with Gasteiger partial charge in [-0.05, 0) is 11.4 Å². The monoisotopic (exact) mass is 277 g/mol. The van der Waals surface area contributed by atoms with E-state index in [4.69, 9.17) is 9.63 Å². The number of aromatic nitrogens is 5. The molecular formula is C10H7N5O3S. The van der Waals surface area contributed by atoms with Gasteiger partial charge < -0.3 is 9.63 Å². The van der Waals surface area contributed by atoms with E-state index in [9.17, 15) is 4.79 Å². The molecule has 0 fully saturated rings. The fourth-order valence-electron chi connectivity index (χ4n) is 1.44. The molecule has 0 aliphatic carbocycles. The zero-order valence-electron chi connectivity index (χ0n) is 9.42. The quantitative estimate of drug-likeness (QED) is 0.761. The zero-order valence-corrected chi connectivity index (χ0v) is 10.2. The van der Waals surface area contributed by atoms with Crippen molar-refractivity contribution in [3.63, 3.8) is 0 Å². The fourth-order valence-corrected chi connectivity index (χ4v) is 2.07. The standard InChI is InChI=1S/C10H7N5O3S/c16-10(17)7-3-15(14-12-7)4-8-11-9(18-13-8)6-1-2-19-5-6/h1-3,5H,4H2,(H,16,17). The molecule has 3 aromatic heterocycles. The predicted molar refractivity (Wildman–Crippen MR) is 63.7 cm³/mol. The highest BCUT2D eigenvalue weighted by Crippen LogP contribution is 2.19. The van der Waals surface area contributed by atoms with Gasteiger partial charge in [-0.2, -0.15) is 16.3 Å². The molecule has 0 amide bonds. The molecule has 0 saturated heterocycles. The van der Waals surface area contributed by atoms with Crippen LogP contribution in [0.3, 0.4) is 0 Å². The average Bonchev–Trinajstić information content (AvgIpc) is 3.09. The smallest absolute Gasteiger partial charge is 0.358 e. The van der Waals surface area contributed by atoms with Crippen molar-refractivity contribution >= 4 is 17.3 Å². The maximum absolute atomic E-state index is 10.7. The summed E-state index contributed by atoms with van der Waals surface area (Å²) in [4.78, 5) is 14.9. The average molecular weight is 277 g/mol. The molecule has 19 heavy (non-hydrogen) atoms. The summed E-state index contributed by atoms with van der Waals surface area (Å²) in [7, 11) is 0. The van der Waals surface area contributed by atoms with Crippen molar-refractivity contribution in [2.24, 2.45) is 0 Å². The van der Waals surface area contributed by atoms with E-state index >= 15 is 0 Å². The maximum atomic E-state index is 10.7. The lowest BCUT2D eigenvalue weighted by atomic mass is 10.3. The number of aromatic carboxylic acids is 1. The third-order valence-electron chi connectivity index (χ3n) is 2.30. The van der Waals surface area contributed by atoms with Gasteiger partial charge in [-0.1, -0.05) is 10.4 Å². The second-order valence-electron chi connectivity index (χ2n) is 3.63. The predicted octanol–water partition coefficient (Wildman–Crippen LogP) is 1.14. The van der Waals surface area contributed by atoms with E-state index in [-0.39, 0.29) is 12.2 Å². The Bertz CT molecular complexity index is 702. The van der Waals surface area contributed by atoms with E-state index in [2.05, 4.69) is 20.5 Å². The first kappa shape index (κ1) is 11.5. The van der Waals surface area contributed by atoms with Crippen LogP contribution in [0.4, 0.5) is 0 Å². The van der Waals surface area contributed by atoms with Crippen LogP contribution in [0.2, 0.25) is 0 Å². The van der Waals surface area contributed by atoms with Crippen molar-refractivity contribution in [3.05, 3.63) is 34.5 Å². The van der Waals surface area contributed by atoms with Gasteiger partial charge in [0.05, 0.1) is 11.8 Å². The van der Waals surface area contributed by atoms with Crippen molar-refractivity contribution in [1.29, 1.82) is 0 Å². The van der Waals surface area contributed by atoms with Crippen LogP contribution in [0.25, 0.3) is 11.5 Å². The first-order valence-corrected chi connectivity index (χ1v) is 6.15. The Balaban J connectivity index is 1.78. The number of carbonyl (C=O) groups is 1. The molecule has 0 aliphatic heterocycles. The van der Waals surface area contributed by atoms with Gasteiger partial charge in [0.1, 0.15) is 6.54 Å². The third kappa shape index (κ3) is 2.36. The van der Waals surface area contributed by atoms with E-state index < -0.39 is 5.97 Å². The summed E-state index contributed by atoms with van der Waals surface area (Å²) in [5, 5.41) is 23.5. The largest absolute Gasteiger partial charge is 0.476 e. The number of hydrogen-bond donors (Lipinski definition) is 1. The van der Waals surface area contributed by atoms with Gasteiger partial charge in [0.15, 0.2) is 11.5 Å². The van der Waals surface area contributed by atoms with Crippen LogP contribution in [-0.4, -0.2) is 36.2 Å². The molecule has 96 valence electrons. The topological polar surface area (TPSA) is 107 Å². The van der Waals surface area contributed by atoms with Gasteiger partial charge in [-0.15, -0.1) is 5.10 Å². The molecule has 0 unspecified atom stereocenters. The molecule has 0 spiro atoms. The first-order chi connectivity index (χ1) is 9.22. The van der Waals surface area contributed by atoms with Crippen LogP contribution in [0.5, 0.6) is 0 Å². The minimum atomic E-state index is -1.13. The van der Waals surface area contributed by atoms with Crippen molar-refractivity contribution in [1.82, 2.24) is 25.1 Å². The third-order valence-corrected chi connectivity index (χ3v) is 2.98. The molecule has 0 atom stereocenters. The number of thiophene rings is 1. The van der Waals surface area contributed by atoms with Gasteiger partial charge in [0.2, 0.25) is 0 Å². The van der Waals surface area contributed by atoms with Crippen molar-refractivity contribution in [3.8, 4) is 11.5 Å². The highest BCUT2D eigenvalue weighted by molar-refractivity contribution is 7.08. The second kappa shape index (κ2) is 4.61. The summed E-state index contributed by atoms with van der Waals surface area (Å²) in [6, 6.07) is 1.87. The molecule has 0 saturated carbocycles. The summed E-state index contributed by atoms with van der Waals surface area (Å²) in [5.41, 5.74) is 0.732. The van der Waals surface area contributed by atoms with Gasteiger partial charge in [0, 0.05) is 5.38 Å². The van der Waals surface area contributed by atoms with Crippen LogP contribution in [0.1, 0.15) is 16.3 Å². The Morgan fingerprint density at radius 3 is 3.11 bits per heavy atom. The fraction of sp³-hybridized carbons (Fsp3) is 0.100. The Labute approximate surface area is 110 Å². The normalized spacial score (nSPS) is 10.7. The van der Waals surface area contributed by atoms with E-state index in [0.29, 0.717) is 11.7 Å². The van der Waals surface area contributed by atoms with E-state index in [1.54, 1.807) is 0 Å². The molecule has 0 bridgehead atoms. The summed E-state index contributed by atoms with van der Waals surface area (Å²) in [6.07, 6.45) is 1.31. The highest BCUT2D eigenvalue weighted by Gasteiger charge is 2.12. The minimum absolute atomic E-state index is 0.124. The molecule has 0 aliphatic rings. The lowest BCUT2D eigenvalue weighted by Crippen LogP contribution is -2.02. The molecule has 0 radical (unpaired) electrons. The van der Waals surface area contributed by atoms with Crippen LogP contribution in [-0.2, 0) is 6.54 Å². The second-order valence-corrected chi connectivity index (χ2v) is 4.41. The van der Waals surface area contributed by atoms with Gasteiger partial charge in [-0.3, -0.25) is 0 Å². The van der Waals surface area contributed by atoms with Crippen LogP contribution in [0, 0.1) is 0 Å². The van der Waals surface area contributed by atoms with E-state index in [1.807, 2.05) is 16.8 Å². The summed E-state index contributed by atoms with van der Waals surface area (Å²) >= 11 is 1.53. The number of hydrogen-bond acceptors (Lipinski definition) is 7. The molecule has 3 aromatic rings. The molecule has 3 heterocycles. The Morgan fingerprint density at radius 2 is 2.42 bits per heavy atom. The SMILES string of the molecule is O=C(O)c1cn(Cc2noc(-c3ccsc3)n2)nn1. The Morgan fingerprint density at radius 1 is 1.53 bits per heavy atom. The molecule has 9 heteroatoms. The molecule has 8 nitrogen and oxygen atoms in total. The maximum Gasteiger partial charge on any atom is 0.358 e. The Hall–Kier alpha value is -2.55. The van der Waals surface area contributed by atoms with Crippen LogP contribution < -0.4 is 0 Å². The van der Waals surface area contributed by atoms with Crippen LogP contribution in [0.15, 0.2) is 27.5 Å². The summed E-state index contributed by atoms with van der Waals surface area (Å²) in [5.74, 6) is -0.295. The number of rotatable bonds is 4. The molecule has 1 N–H and O–H groups in total. The van der Waals surface area contributed by atoms with E-state index in [0.717, 1.165) is 5.56 Å². The first-order valence-electron chi connectivity index (χ1n) is 5.21. The highest BCUT2D eigenvalue weighted by atomic mass is 32.1. The molecular weight excluding hydrogens is 270 g/mol. The molecule has 3 rings (SSSR count). The number of carboxylic acid groups (broad SMARTS) is 1. The number of nitrogens with zero attached hydrogens (tertiary/aromatic N) is 5. The summed E-state index contributed by atoms with van der Waals surface area (Å²) in [6.45, 7) is 0.202. The van der Waals surface area contributed by atoms with Crippen molar-refractivity contribution < 1.29 is 14.4 Å².